The van der Waals surface area contributed by atoms with Gasteiger partial charge in [-0.3, -0.25) is 4.79 Å². The Hall–Kier alpha value is -3.32. The number of amides is 1. The summed E-state index contributed by atoms with van der Waals surface area (Å²) in [6.45, 7) is 2.37. The molecule has 0 bridgehead atoms. The van der Waals surface area contributed by atoms with E-state index >= 15 is 0 Å². The Bertz CT molecular complexity index is 1190. The summed E-state index contributed by atoms with van der Waals surface area (Å²) in [5.41, 5.74) is 0.849. The highest BCUT2D eigenvalue weighted by Crippen LogP contribution is 2.37. The molecule has 1 amide bonds. The van der Waals surface area contributed by atoms with Crippen LogP contribution in [0, 0.1) is 0 Å². The molecule has 6 nitrogen and oxygen atoms in total. The number of rotatable bonds is 5. The van der Waals surface area contributed by atoms with Gasteiger partial charge < -0.3 is 19.2 Å². The van der Waals surface area contributed by atoms with E-state index in [1.165, 1.54) is 18.4 Å². The fourth-order valence-electron chi connectivity index (χ4n) is 3.02. The molecule has 0 aliphatic heterocycles. The van der Waals surface area contributed by atoms with Crippen molar-refractivity contribution in [1.82, 2.24) is 0 Å². The molecule has 28 heavy (non-hydrogen) atoms. The lowest BCUT2D eigenvalue weighted by Gasteiger charge is -2.04. The molecular formula is C21H17NO5S. The van der Waals surface area contributed by atoms with Gasteiger partial charge in [0, 0.05) is 15.5 Å². The summed E-state index contributed by atoms with van der Waals surface area (Å²) in [6.07, 6.45) is 0. The highest BCUT2D eigenvalue weighted by molar-refractivity contribution is 7.23. The summed E-state index contributed by atoms with van der Waals surface area (Å²) in [7, 11) is 1.31. The number of methoxy groups -OCH3 is 1. The van der Waals surface area contributed by atoms with Crippen molar-refractivity contribution in [3.63, 3.8) is 0 Å². The first-order valence-corrected chi connectivity index (χ1v) is 9.50. The largest absolute Gasteiger partial charge is 0.490 e. The quantitative estimate of drug-likeness (QED) is 0.477. The van der Waals surface area contributed by atoms with Crippen LogP contribution in [-0.4, -0.2) is 25.6 Å². The number of fused-ring (bicyclic) bond motifs is 2. The smallest absolute Gasteiger partial charge is 0.341 e. The molecule has 0 spiro atoms. The summed E-state index contributed by atoms with van der Waals surface area (Å²) in [4.78, 5) is 25.1. The lowest BCUT2D eigenvalue weighted by atomic mass is 10.1. The zero-order valence-corrected chi connectivity index (χ0v) is 16.1. The second-order valence-electron chi connectivity index (χ2n) is 5.97. The zero-order valence-electron chi connectivity index (χ0n) is 15.3. The van der Waals surface area contributed by atoms with E-state index in [-0.39, 0.29) is 5.76 Å². The van der Waals surface area contributed by atoms with Crippen molar-refractivity contribution in [3.05, 3.63) is 59.9 Å². The van der Waals surface area contributed by atoms with Gasteiger partial charge in [-0.25, -0.2) is 4.79 Å². The molecule has 2 heterocycles. The predicted molar refractivity (Wildman–Crippen MR) is 109 cm³/mol. The lowest BCUT2D eigenvalue weighted by molar-refractivity contribution is 0.0604. The van der Waals surface area contributed by atoms with E-state index in [1.807, 2.05) is 43.3 Å². The molecule has 0 aliphatic rings. The average Bonchev–Trinajstić information content (AvgIpc) is 3.29. The summed E-state index contributed by atoms with van der Waals surface area (Å²) in [6, 6.07) is 14.5. The minimum absolute atomic E-state index is 0.135. The maximum atomic E-state index is 12.8. The Morgan fingerprint density at radius 2 is 1.96 bits per heavy atom. The third-order valence-corrected chi connectivity index (χ3v) is 5.33. The molecule has 0 saturated carbocycles. The van der Waals surface area contributed by atoms with E-state index in [0.29, 0.717) is 28.5 Å². The fraction of sp³-hybridized carbons (Fsp3) is 0.143. The Labute approximate surface area is 164 Å². The molecule has 0 saturated heterocycles. The van der Waals surface area contributed by atoms with Gasteiger partial charge in [-0.2, -0.15) is 0 Å². The van der Waals surface area contributed by atoms with Gasteiger partial charge in [0.2, 0.25) is 0 Å². The highest BCUT2D eigenvalue weighted by Gasteiger charge is 2.23. The molecular weight excluding hydrogens is 378 g/mol. The van der Waals surface area contributed by atoms with Gasteiger partial charge in [-0.05, 0) is 25.1 Å². The summed E-state index contributed by atoms with van der Waals surface area (Å²) in [5.74, 6) is -0.238. The SMILES string of the molecule is CCOc1cccc2cc(C(=O)Nc3sc4ccccc4c3C(=O)OC)oc12. The number of hydrogen-bond acceptors (Lipinski definition) is 6. The molecule has 4 rings (SSSR count). The maximum absolute atomic E-state index is 12.8. The van der Waals surface area contributed by atoms with Gasteiger partial charge in [0.1, 0.15) is 10.6 Å². The molecule has 2 aromatic heterocycles. The number of hydrogen-bond donors (Lipinski definition) is 1. The van der Waals surface area contributed by atoms with E-state index in [0.717, 1.165) is 15.5 Å². The number of thiophene rings is 1. The van der Waals surface area contributed by atoms with Gasteiger partial charge in [0.05, 0.1) is 13.7 Å². The molecule has 0 fully saturated rings. The summed E-state index contributed by atoms with van der Waals surface area (Å²) in [5, 5.41) is 4.71. The normalized spacial score (nSPS) is 10.9. The van der Waals surface area contributed by atoms with Crippen LogP contribution in [0.15, 0.2) is 52.9 Å². The number of para-hydroxylation sites is 1. The molecule has 2 aromatic carbocycles. The van der Waals surface area contributed by atoms with Gasteiger partial charge >= 0.3 is 5.97 Å². The van der Waals surface area contributed by atoms with Crippen LogP contribution in [0.4, 0.5) is 5.00 Å². The van der Waals surface area contributed by atoms with Crippen molar-refractivity contribution in [2.24, 2.45) is 0 Å². The second kappa shape index (κ2) is 7.36. The number of carbonyl (C=O) groups excluding carboxylic acids is 2. The van der Waals surface area contributed by atoms with Crippen molar-refractivity contribution >= 4 is 49.3 Å². The van der Waals surface area contributed by atoms with Crippen LogP contribution in [0.3, 0.4) is 0 Å². The van der Waals surface area contributed by atoms with Crippen LogP contribution < -0.4 is 10.1 Å². The van der Waals surface area contributed by atoms with E-state index in [4.69, 9.17) is 13.9 Å². The first kappa shape index (κ1) is 18.1. The summed E-state index contributed by atoms with van der Waals surface area (Å²) >= 11 is 1.31. The van der Waals surface area contributed by atoms with Crippen LogP contribution in [0.2, 0.25) is 0 Å². The average molecular weight is 395 g/mol. The minimum atomic E-state index is -0.504. The first-order chi connectivity index (χ1) is 13.6. The third kappa shape index (κ3) is 3.10. The topological polar surface area (TPSA) is 77.8 Å². The zero-order chi connectivity index (χ0) is 19.7. The van der Waals surface area contributed by atoms with E-state index in [1.54, 1.807) is 12.1 Å². The van der Waals surface area contributed by atoms with Crippen molar-refractivity contribution < 1.29 is 23.5 Å². The van der Waals surface area contributed by atoms with Crippen molar-refractivity contribution in [2.45, 2.75) is 6.92 Å². The molecule has 0 unspecified atom stereocenters. The first-order valence-electron chi connectivity index (χ1n) is 8.69. The Balaban J connectivity index is 1.72. The van der Waals surface area contributed by atoms with E-state index in [2.05, 4.69) is 5.32 Å². The van der Waals surface area contributed by atoms with Crippen molar-refractivity contribution in [2.75, 3.05) is 19.0 Å². The lowest BCUT2D eigenvalue weighted by Crippen LogP contribution is -2.13. The number of benzene rings is 2. The minimum Gasteiger partial charge on any atom is -0.490 e. The summed E-state index contributed by atoms with van der Waals surface area (Å²) < 4.78 is 17.1. The predicted octanol–water partition coefficient (Wildman–Crippen LogP) is 5.09. The number of anilines is 1. The molecule has 142 valence electrons. The van der Waals surface area contributed by atoms with Crippen LogP contribution in [0.25, 0.3) is 21.1 Å². The number of furan rings is 1. The van der Waals surface area contributed by atoms with Gasteiger partial charge in [-0.15, -0.1) is 11.3 Å². The monoisotopic (exact) mass is 395 g/mol. The maximum Gasteiger partial charge on any atom is 0.341 e. The number of esters is 1. The molecule has 4 aromatic rings. The number of nitrogens with one attached hydrogen (secondary N) is 1. The van der Waals surface area contributed by atoms with Gasteiger partial charge in [-0.1, -0.05) is 30.3 Å². The van der Waals surface area contributed by atoms with E-state index < -0.39 is 11.9 Å². The molecule has 0 atom stereocenters. The molecule has 1 N–H and O–H groups in total. The van der Waals surface area contributed by atoms with Gasteiger partial charge in [0.25, 0.3) is 5.91 Å². The molecule has 0 radical (unpaired) electrons. The van der Waals surface area contributed by atoms with Crippen molar-refractivity contribution in [1.29, 1.82) is 0 Å². The second-order valence-corrected chi connectivity index (χ2v) is 7.02. The van der Waals surface area contributed by atoms with Crippen LogP contribution >= 0.6 is 11.3 Å². The van der Waals surface area contributed by atoms with Crippen LogP contribution in [0.5, 0.6) is 5.75 Å². The van der Waals surface area contributed by atoms with Crippen LogP contribution in [0.1, 0.15) is 27.8 Å². The number of ether oxygens (including phenoxy) is 2. The molecule has 0 aliphatic carbocycles. The van der Waals surface area contributed by atoms with Crippen molar-refractivity contribution in [3.8, 4) is 5.75 Å². The Morgan fingerprint density at radius 3 is 2.75 bits per heavy atom. The standard InChI is InChI=1S/C21H17NO5S/c1-3-26-14-9-6-7-12-11-15(27-18(12)14)19(23)22-20-17(21(24)25-2)13-8-4-5-10-16(13)28-20/h4-11H,3H2,1-2H3,(H,22,23). The number of carbonyl (C=O) groups is 2. The third-order valence-electron chi connectivity index (χ3n) is 4.24. The van der Waals surface area contributed by atoms with Crippen LogP contribution in [-0.2, 0) is 4.74 Å². The Morgan fingerprint density at radius 1 is 1.14 bits per heavy atom. The van der Waals surface area contributed by atoms with Gasteiger partial charge in [0.15, 0.2) is 17.1 Å². The fourth-order valence-corrected chi connectivity index (χ4v) is 4.11. The highest BCUT2D eigenvalue weighted by atomic mass is 32.1. The Kier molecular flexibility index (Phi) is 4.75. The van der Waals surface area contributed by atoms with E-state index in [9.17, 15) is 9.59 Å². The molecule has 7 heteroatoms.